The average molecular weight is 566 g/mol. The van der Waals surface area contributed by atoms with Crippen LogP contribution >= 0.6 is 11.3 Å². The Hall–Kier alpha value is -3.67. The minimum absolute atomic E-state index is 0.139. The third kappa shape index (κ3) is 6.32. The number of amides is 1. The van der Waals surface area contributed by atoms with Crippen molar-refractivity contribution in [1.29, 1.82) is 0 Å². The van der Waals surface area contributed by atoms with Crippen molar-refractivity contribution < 1.29 is 17.9 Å². The molecule has 1 aliphatic heterocycles. The molecule has 2 heterocycles. The number of anilines is 2. The van der Waals surface area contributed by atoms with Gasteiger partial charge in [0.25, 0.3) is 15.9 Å². The smallest absolute Gasteiger partial charge is 0.261 e. The van der Waals surface area contributed by atoms with Gasteiger partial charge in [0.1, 0.15) is 11.3 Å². The zero-order valence-corrected chi connectivity index (χ0v) is 23.3. The number of hydrogen-bond donors (Lipinski definition) is 2. The van der Waals surface area contributed by atoms with Gasteiger partial charge in [-0.05, 0) is 43.3 Å². The summed E-state index contributed by atoms with van der Waals surface area (Å²) in [6, 6.07) is 20.7. The normalized spacial score (nSPS) is 14.3. The summed E-state index contributed by atoms with van der Waals surface area (Å²) >= 11 is 1.68. The molecular weight excluding hydrogens is 534 g/mol. The van der Waals surface area contributed by atoms with E-state index in [9.17, 15) is 13.2 Å². The van der Waals surface area contributed by atoms with Gasteiger partial charge in [0.2, 0.25) is 0 Å². The number of aromatic nitrogens is 1. The molecular formula is C28H31N5O4S2. The fraction of sp³-hybridized carbons (Fsp3) is 0.286. The lowest BCUT2D eigenvalue weighted by atomic mass is 10.1. The van der Waals surface area contributed by atoms with E-state index in [1.165, 1.54) is 12.1 Å². The zero-order chi connectivity index (χ0) is 27.2. The number of sulfonamides is 1. The Morgan fingerprint density at radius 3 is 2.49 bits per heavy atom. The second-order valence-corrected chi connectivity index (χ2v) is 11.8. The van der Waals surface area contributed by atoms with Crippen molar-refractivity contribution in [2.75, 3.05) is 55.5 Å². The van der Waals surface area contributed by atoms with Crippen LogP contribution in [-0.2, 0) is 10.0 Å². The van der Waals surface area contributed by atoms with Crippen LogP contribution in [0, 0.1) is 0 Å². The van der Waals surface area contributed by atoms with Gasteiger partial charge in [-0.25, -0.2) is 13.4 Å². The molecule has 39 heavy (non-hydrogen) atoms. The predicted molar refractivity (Wildman–Crippen MR) is 155 cm³/mol. The number of hydrogen-bond acceptors (Lipinski definition) is 8. The standard InChI is InChI=1S/C28H31N5O4S2/c1-2-37-24-13-8-14-25-26(24)30-28(38-25)33-19-17-32(18-20-33)16-15-29-27(34)22-11-6-7-12-23(22)31-39(35,36)21-9-4-3-5-10-21/h3-14,31H,2,15-20H2,1H3,(H,29,34). The van der Waals surface area contributed by atoms with Crippen molar-refractivity contribution in [3.05, 3.63) is 78.4 Å². The minimum atomic E-state index is -3.80. The van der Waals surface area contributed by atoms with Crippen LogP contribution in [0.25, 0.3) is 10.2 Å². The van der Waals surface area contributed by atoms with E-state index in [0.29, 0.717) is 19.7 Å². The minimum Gasteiger partial charge on any atom is -0.492 e. The van der Waals surface area contributed by atoms with Gasteiger partial charge >= 0.3 is 0 Å². The maximum Gasteiger partial charge on any atom is 0.261 e. The summed E-state index contributed by atoms with van der Waals surface area (Å²) in [7, 11) is -3.80. The Labute approximate surface area is 232 Å². The number of nitrogens with zero attached hydrogens (tertiary/aromatic N) is 3. The molecule has 5 rings (SSSR count). The van der Waals surface area contributed by atoms with Crippen LogP contribution in [0.4, 0.5) is 10.8 Å². The second kappa shape index (κ2) is 12.0. The van der Waals surface area contributed by atoms with Crippen LogP contribution in [0.15, 0.2) is 77.7 Å². The number of ether oxygens (including phenoxy) is 1. The van der Waals surface area contributed by atoms with Crippen molar-refractivity contribution >= 4 is 48.3 Å². The first-order valence-electron chi connectivity index (χ1n) is 12.9. The van der Waals surface area contributed by atoms with Crippen molar-refractivity contribution in [2.45, 2.75) is 11.8 Å². The predicted octanol–water partition coefficient (Wildman–Crippen LogP) is 4.05. The number of rotatable bonds is 10. The lowest BCUT2D eigenvalue weighted by Gasteiger charge is -2.34. The molecule has 2 N–H and O–H groups in total. The molecule has 9 nitrogen and oxygen atoms in total. The molecule has 1 amide bonds. The SMILES string of the molecule is CCOc1cccc2sc(N3CCN(CCNC(=O)c4ccccc4NS(=O)(=O)c4ccccc4)CC3)nc12. The third-order valence-corrected chi connectivity index (χ3v) is 8.96. The molecule has 204 valence electrons. The highest BCUT2D eigenvalue weighted by Crippen LogP contribution is 2.34. The summed E-state index contributed by atoms with van der Waals surface area (Å²) in [4.78, 5) is 22.5. The Morgan fingerprint density at radius 1 is 0.974 bits per heavy atom. The van der Waals surface area contributed by atoms with Gasteiger partial charge in [-0.2, -0.15) is 0 Å². The summed E-state index contributed by atoms with van der Waals surface area (Å²) in [5.41, 5.74) is 1.44. The number of piperazine rings is 1. The molecule has 0 aliphatic carbocycles. The van der Waals surface area contributed by atoms with Gasteiger partial charge in [-0.15, -0.1) is 0 Å². The Balaban J connectivity index is 1.13. The van der Waals surface area contributed by atoms with E-state index in [1.807, 2.05) is 19.1 Å². The van der Waals surface area contributed by atoms with E-state index in [1.54, 1.807) is 53.8 Å². The quantitative estimate of drug-likeness (QED) is 0.299. The second-order valence-electron chi connectivity index (χ2n) is 9.08. The van der Waals surface area contributed by atoms with Crippen LogP contribution in [0.1, 0.15) is 17.3 Å². The Morgan fingerprint density at radius 2 is 1.72 bits per heavy atom. The number of thiazole rings is 1. The first kappa shape index (κ1) is 26.9. The van der Waals surface area contributed by atoms with E-state index in [0.717, 1.165) is 47.3 Å². The summed E-state index contributed by atoms with van der Waals surface area (Å²) in [6.45, 7) is 7.15. The molecule has 0 atom stereocenters. The molecule has 3 aromatic carbocycles. The molecule has 0 bridgehead atoms. The van der Waals surface area contributed by atoms with Gasteiger partial charge in [0.05, 0.1) is 27.5 Å². The fourth-order valence-electron chi connectivity index (χ4n) is 4.48. The maximum absolute atomic E-state index is 12.9. The summed E-state index contributed by atoms with van der Waals surface area (Å²) < 4.78 is 34.9. The molecule has 1 aliphatic rings. The monoisotopic (exact) mass is 565 g/mol. The molecule has 0 radical (unpaired) electrons. The Kier molecular flexibility index (Phi) is 8.30. The molecule has 0 saturated carbocycles. The van der Waals surface area contributed by atoms with Crippen molar-refractivity contribution in [3.63, 3.8) is 0 Å². The van der Waals surface area contributed by atoms with Gasteiger partial charge < -0.3 is 15.0 Å². The summed E-state index contributed by atoms with van der Waals surface area (Å²) in [5.74, 6) is 0.501. The summed E-state index contributed by atoms with van der Waals surface area (Å²) in [5, 5.41) is 3.94. The van der Waals surface area contributed by atoms with Crippen LogP contribution in [0.5, 0.6) is 5.75 Å². The zero-order valence-electron chi connectivity index (χ0n) is 21.7. The molecule has 1 fully saturated rings. The third-order valence-electron chi connectivity index (χ3n) is 6.50. The average Bonchev–Trinajstić information content (AvgIpc) is 3.40. The summed E-state index contributed by atoms with van der Waals surface area (Å²) in [6.07, 6.45) is 0. The molecule has 4 aromatic rings. The van der Waals surface area contributed by atoms with Gasteiger partial charge in [-0.1, -0.05) is 47.7 Å². The first-order valence-corrected chi connectivity index (χ1v) is 15.2. The van der Waals surface area contributed by atoms with Crippen molar-refractivity contribution in [1.82, 2.24) is 15.2 Å². The van der Waals surface area contributed by atoms with Crippen LogP contribution in [0.2, 0.25) is 0 Å². The maximum atomic E-state index is 12.9. The van der Waals surface area contributed by atoms with Crippen molar-refractivity contribution in [2.24, 2.45) is 0 Å². The van der Waals surface area contributed by atoms with E-state index < -0.39 is 10.0 Å². The largest absolute Gasteiger partial charge is 0.492 e. The first-order chi connectivity index (χ1) is 18.9. The molecule has 1 aromatic heterocycles. The van der Waals surface area contributed by atoms with Crippen molar-refractivity contribution in [3.8, 4) is 5.75 Å². The van der Waals surface area contributed by atoms with E-state index in [-0.39, 0.29) is 22.1 Å². The van der Waals surface area contributed by atoms with Crippen LogP contribution in [-0.4, -0.2) is 70.1 Å². The topological polar surface area (TPSA) is 104 Å². The van der Waals surface area contributed by atoms with E-state index in [2.05, 4.69) is 25.9 Å². The van der Waals surface area contributed by atoms with Crippen LogP contribution < -0.4 is 19.7 Å². The highest BCUT2D eigenvalue weighted by molar-refractivity contribution is 7.92. The number of carbonyl (C=O) groups excluding carboxylic acids is 1. The molecule has 11 heteroatoms. The highest BCUT2D eigenvalue weighted by atomic mass is 32.2. The molecule has 0 spiro atoms. The fourth-order valence-corrected chi connectivity index (χ4v) is 6.61. The number of nitrogens with one attached hydrogen (secondary N) is 2. The van der Waals surface area contributed by atoms with Crippen LogP contribution in [0.3, 0.4) is 0 Å². The number of carbonyl (C=O) groups is 1. The van der Waals surface area contributed by atoms with Gasteiger partial charge in [-0.3, -0.25) is 14.4 Å². The number of para-hydroxylation sites is 2. The lowest BCUT2D eigenvalue weighted by molar-refractivity contribution is 0.0948. The highest BCUT2D eigenvalue weighted by Gasteiger charge is 2.22. The number of fused-ring (bicyclic) bond motifs is 1. The van der Waals surface area contributed by atoms with E-state index >= 15 is 0 Å². The van der Waals surface area contributed by atoms with E-state index in [4.69, 9.17) is 9.72 Å². The van der Waals surface area contributed by atoms with Gasteiger partial charge in [0.15, 0.2) is 5.13 Å². The molecule has 0 unspecified atom stereocenters. The lowest BCUT2D eigenvalue weighted by Crippen LogP contribution is -2.48. The molecule has 1 saturated heterocycles. The van der Waals surface area contributed by atoms with Gasteiger partial charge in [0, 0.05) is 39.3 Å². The Bertz CT molecular complexity index is 1530. The number of benzene rings is 3.